The minimum absolute atomic E-state index is 0.194. The van der Waals surface area contributed by atoms with Crippen molar-refractivity contribution < 1.29 is 38.6 Å². The van der Waals surface area contributed by atoms with Gasteiger partial charge in [0.25, 0.3) is 11.5 Å². The predicted octanol–water partition coefficient (Wildman–Crippen LogP) is 4.46. The highest BCUT2D eigenvalue weighted by molar-refractivity contribution is 5.97. The first-order chi connectivity index (χ1) is 23.0. The molecule has 0 radical (unpaired) electrons. The zero-order valence-corrected chi connectivity index (χ0v) is 28.0. The third kappa shape index (κ3) is 6.87. The summed E-state index contributed by atoms with van der Waals surface area (Å²) in [5.74, 6) is -4.56. The minimum atomic E-state index is -1.50. The lowest BCUT2D eigenvalue weighted by Crippen LogP contribution is -2.39. The van der Waals surface area contributed by atoms with Gasteiger partial charge in [0.15, 0.2) is 6.04 Å². The Kier molecular flexibility index (Phi) is 9.31. The number of amides is 1. The Morgan fingerprint density at radius 1 is 1.08 bits per heavy atom. The van der Waals surface area contributed by atoms with Crippen LogP contribution in [-0.4, -0.2) is 50.8 Å². The summed E-state index contributed by atoms with van der Waals surface area (Å²) in [5, 5.41) is 21.4. The molecule has 12 nitrogen and oxygen atoms in total. The number of nitrogens with zero attached hydrogens (tertiary/aromatic N) is 3. The lowest BCUT2D eigenvalue weighted by molar-refractivity contribution is -0.154. The van der Waals surface area contributed by atoms with E-state index in [9.17, 15) is 29.1 Å². The lowest BCUT2D eigenvalue weighted by Gasteiger charge is -2.29. The number of aromatic nitrogens is 2. The summed E-state index contributed by atoms with van der Waals surface area (Å²) >= 11 is 0. The fourth-order valence-electron chi connectivity index (χ4n) is 6.12. The van der Waals surface area contributed by atoms with Crippen LogP contribution in [0.5, 0.6) is 0 Å². The number of aryl methyl sites for hydroxylation is 3. The van der Waals surface area contributed by atoms with Gasteiger partial charge >= 0.3 is 17.9 Å². The quantitative estimate of drug-likeness (QED) is 0.231. The number of halogens is 1. The summed E-state index contributed by atoms with van der Waals surface area (Å²) in [6, 6.07) is 9.87. The summed E-state index contributed by atoms with van der Waals surface area (Å²) in [6.45, 7) is 8.46. The number of fused-ring (bicyclic) bond motifs is 2. The SMILES string of the molecule is Cc1c2c(cc3nc(C)n(OC(=O)C(C)(C)C)c(=O)c13)CCC2N(C)c1ccc(C(=O)N[C@H](C(=O)O)c2ccc(CC(=O)O)cc2)c(F)c1. The third-order valence-corrected chi connectivity index (χ3v) is 8.74. The van der Waals surface area contributed by atoms with Gasteiger partial charge in [0, 0.05) is 12.7 Å². The van der Waals surface area contributed by atoms with Gasteiger partial charge in [-0.1, -0.05) is 24.3 Å². The Morgan fingerprint density at radius 2 is 1.76 bits per heavy atom. The molecule has 13 heteroatoms. The number of carbonyl (C=O) groups is 4. The molecule has 1 aliphatic carbocycles. The molecule has 1 aromatic heterocycles. The maximum atomic E-state index is 15.5. The molecule has 1 heterocycles. The van der Waals surface area contributed by atoms with E-state index in [1.54, 1.807) is 40.8 Å². The number of nitrogens with one attached hydrogen (secondary N) is 1. The molecule has 1 amide bonds. The Balaban J connectivity index is 1.41. The Morgan fingerprint density at radius 3 is 2.35 bits per heavy atom. The van der Waals surface area contributed by atoms with Gasteiger partial charge < -0.3 is 25.3 Å². The fraction of sp³-hybridized carbons (Fsp3) is 0.333. The van der Waals surface area contributed by atoms with Crippen molar-refractivity contribution in [3.63, 3.8) is 0 Å². The first-order valence-electron chi connectivity index (χ1n) is 15.6. The summed E-state index contributed by atoms with van der Waals surface area (Å²) in [4.78, 5) is 74.2. The second-order valence-corrected chi connectivity index (χ2v) is 13.2. The van der Waals surface area contributed by atoms with Crippen molar-refractivity contribution in [2.45, 2.75) is 66.0 Å². The normalized spacial score (nSPS) is 14.6. The van der Waals surface area contributed by atoms with Crippen LogP contribution in [-0.2, 0) is 27.2 Å². The predicted molar refractivity (Wildman–Crippen MR) is 178 cm³/mol. The smallest absolute Gasteiger partial charge is 0.338 e. The third-order valence-electron chi connectivity index (χ3n) is 8.74. The number of hydrogen-bond donors (Lipinski definition) is 3. The van der Waals surface area contributed by atoms with E-state index in [1.165, 1.54) is 36.4 Å². The average molecular weight is 673 g/mol. The van der Waals surface area contributed by atoms with Crippen LogP contribution in [0.2, 0.25) is 0 Å². The highest BCUT2D eigenvalue weighted by Gasteiger charge is 2.32. The number of carboxylic acid groups (broad SMARTS) is 2. The van der Waals surface area contributed by atoms with Crippen LogP contribution in [0.3, 0.4) is 0 Å². The number of rotatable bonds is 9. The summed E-state index contributed by atoms with van der Waals surface area (Å²) in [7, 11) is 1.78. The first-order valence-corrected chi connectivity index (χ1v) is 15.6. The molecule has 0 saturated carbocycles. The van der Waals surface area contributed by atoms with Gasteiger partial charge in [-0.25, -0.2) is 19.0 Å². The number of carboxylic acids is 2. The molecule has 2 atom stereocenters. The van der Waals surface area contributed by atoms with E-state index in [0.29, 0.717) is 40.6 Å². The number of carbonyl (C=O) groups excluding carboxylic acids is 2. The zero-order chi connectivity index (χ0) is 35.9. The molecular formula is C36H37FN4O8. The van der Waals surface area contributed by atoms with Crippen molar-refractivity contribution in [3.05, 3.63) is 104 Å². The van der Waals surface area contributed by atoms with Crippen molar-refractivity contribution in [2.24, 2.45) is 5.41 Å². The van der Waals surface area contributed by atoms with E-state index >= 15 is 4.39 Å². The standard InChI is InChI=1S/C36H37FN4O8/c1-18-29-22(16-26-30(18)33(45)41(19(2)38-26)49-35(48)36(3,4)5)11-14-27(29)40(6)23-12-13-24(25(37)17-23)32(44)39-31(34(46)47)21-9-7-20(8-10-21)15-28(42)43/h7-10,12-13,16-17,27,31H,11,14-15H2,1-6H3,(H,39,44)(H,42,43)(H,46,47)/t27?,31-/m0/s1. The lowest BCUT2D eigenvalue weighted by atomic mass is 9.96. The fourth-order valence-corrected chi connectivity index (χ4v) is 6.12. The molecule has 0 saturated heterocycles. The Labute approximate surface area is 281 Å². The Bertz CT molecular complexity index is 2070. The van der Waals surface area contributed by atoms with Crippen LogP contribution in [0.25, 0.3) is 10.9 Å². The maximum Gasteiger partial charge on any atom is 0.338 e. The van der Waals surface area contributed by atoms with Crippen LogP contribution < -0.4 is 20.6 Å². The van der Waals surface area contributed by atoms with Gasteiger partial charge in [-0.2, -0.15) is 0 Å². The number of aliphatic carboxylic acids is 2. The second-order valence-electron chi connectivity index (χ2n) is 13.2. The molecule has 3 aromatic carbocycles. The molecule has 256 valence electrons. The molecule has 0 fully saturated rings. The van der Waals surface area contributed by atoms with Crippen molar-refractivity contribution in [1.82, 2.24) is 15.0 Å². The monoisotopic (exact) mass is 672 g/mol. The van der Waals surface area contributed by atoms with Gasteiger partial charge in [-0.3, -0.25) is 14.4 Å². The van der Waals surface area contributed by atoms with E-state index in [4.69, 9.17) is 9.94 Å². The van der Waals surface area contributed by atoms with Gasteiger partial charge in [0.1, 0.15) is 11.6 Å². The van der Waals surface area contributed by atoms with E-state index in [0.717, 1.165) is 15.9 Å². The summed E-state index contributed by atoms with van der Waals surface area (Å²) in [5.41, 5.74) is 2.43. The zero-order valence-electron chi connectivity index (χ0n) is 28.0. The summed E-state index contributed by atoms with van der Waals surface area (Å²) < 4.78 is 16.4. The first kappa shape index (κ1) is 34.7. The molecule has 49 heavy (non-hydrogen) atoms. The van der Waals surface area contributed by atoms with Crippen molar-refractivity contribution in [2.75, 3.05) is 11.9 Å². The molecule has 0 spiro atoms. The maximum absolute atomic E-state index is 15.5. The van der Waals surface area contributed by atoms with Crippen molar-refractivity contribution >= 4 is 40.4 Å². The number of hydrogen-bond acceptors (Lipinski definition) is 8. The Hall–Kier alpha value is -5.59. The van der Waals surface area contributed by atoms with Crippen LogP contribution >= 0.6 is 0 Å². The molecule has 0 aliphatic heterocycles. The van der Waals surface area contributed by atoms with E-state index in [-0.39, 0.29) is 29.4 Å². The van der Waals surface area contributed by atoms with E-state index < -0.39 is 46.6 Å². The van der Waals surface area contributed by atoms with Gasteiger partial charge in [0.2, 0.25) is 0 Å². The molecule has 1 unspecified atom stereocenters. The van der Waals surface area contributed by atoms with Crippen LogP contribution in [0.1, 0.15) is 83.3 Å². The molecule has 4 aromatic rings. The largest absolute Gasteiger partial charge is 0.481 e. The molecule has 0 bridgehead atoms. The van der Waals surface area contributed by atoms with Crippen LogP contribution in [0.4, 0.5) is 10.1 Å². The molecular weight excluding hydrogens is 635 g/mol. The highest BCUT2D eigenvalue weighted by atomic mass is 19.1. The second kappa shape index (κ2) is 13.1. The van der Waals surface area contributed by atoms with E-state index in [2.05, 4.69) is 10.3 Å². The molecule has 3 N–H and O–H groups in total. The number of anilines is 1. The van der Waals surface area contributed by atoms with Crippen molar-refractivity contribution in [3.8, 4) is 0 Å². The molecule has 1 aliphatic rings. The highest BCUT2D eigenvalue weighted by Crippen LogP contribution is 2.41. The van der Waals surface area contributed by atoms with E-state index in [1.807, 2.05) is 17.9 Å². The molecule has 5 rings (SSSR count). The minimum Gasteiger partial charge on any atom is -0.481 e. The summed E-state index contributed by atoms with van der Waals surface area (Å²) in [6.07, 6.45) is 1.09. The number of benzene rings is 3. The van der Waals surface area contributed by atoms with Gasteiger partial charge in [0.05, 0.1) is 34.3 Å². The topological polar surface area (TPSA) is 168 Å². The van der Waals surface area contributed by atoms with Crippen LogP contribution in [0.15, 0.2) is 53.3 Å². The van der Waals surface area contributed by atoms with Gasteiger partial charge in [-0.05, 0) is 99.5 Å². The van der Waals surface area contributed by atoms with Gasteiger partial charge in [-0.15, -0.1) is 4.73 Å². The average Bonchev–Trinajstić information content (AvgIpc) is 3.45. The van der Waals surface area contributed by atoms with Crippen LogP contribution in [0, 0.1) is 25.1 Å². The van der Waals surface area contributed by atoms with Crippen molar-refractivity contribution in [1.29, 1.82) is 0 Å².